The smallest absolute Gasteiger partial charge is 0.225 e. The van der Waals surface area contributed by atoms with Crippen LogP contribution < -0.4 is 4.74 Å². The van der Waals surface area contributed by atoms with Gasteiger partial charge >= 0.3 is 0 Å². The summed E-state index contributed by atoms with van der Waals surface area (Å²) in [6.45, 7) is 15.8. The molecule has 0 amide bonds. The van der Waals surface area contributed by atoms with Gasteiger partial charge in [0, 0.05) is 45.3 Å². The number of rotatable bonds is 8. The van der Waals surface area contributed by atoms with E-state index in [1.807, 2.05) is 43.5 Å². The molecule has 0 saturated heterocycles. The zero-order valence-electron chi connectivity index (χ0n) is 43.8. The fraction of sp³-hybridized carbons (Fsp3) is 0.164. The lowest BCUT2D eigenvalue weighted by molar-refractivity contribution is 0.188. The molecule has 6 nitrogen and oxygen atoms in total. The van der Waals surface area contributed by atoms with Gasteiger partial charge in [0.25, 0.3) is 0 Å². The van der Waals surface area contributed by atoms with Gasteiger partial charge in [0.15, 0.2) is 0 Å². The van der Waals surface area contributed by atoms with Crippen molar-refractivity contribution >= 4 is 33.2 Å². The zero-order valence-corrected chi connectivity index (χ0v) is 38.8. The number of benzene rings is 7. The average Bonchev–Trinajstić information content (AvgIpc) is 4.06. The molecule has 67 heavy (non-hydrogen) atoms. The fourth-order valence-corrected chi connectivity index (χ4v) is 9.48. The summed E-state index contributed by atoms with van der Waals surface area (Å²) in [4.78, 5) is 9.65. The molecule has 11 rings (SSSR count). The minimum atomic E-state index is -0.427. The quantitative estimate of drug-likeness (QED) is 0.152. The Labute approximate surface area is 400 Å². The summed E-state index contributed by atoms with van der Waals surface area (Å²) < 4.78 is 57.7. The number of ether oxygens (including phenoxy) is 2. The predicted octanol–water partition coefficient (Wildman–Crippen LogP) is 15.6. The highest BCUT2D eigenvalue weighted by atomic mass is 16.5. The summed E-state index contributed by atoms with van der Waals surface area (Å²) in [6, 6.07) is 48.7. The average molecular weight is 880 g/mol. The highest BCUT2D eigenvalue weighted by Crippen LogP contribution is 2.50. The molecule has 0 unspecified atom stereocenters. The summed E-state index contributed by atoms with van der Waals surface area (Å²) in [7, 11) is 0. The van der Waals surface area contributed by atoms with Crippen LogP contribution in [0.2, 0.25) is 0 Å². The van der Waals surface area contributed by atoms with Crippen molar-refractivity contribution in [1.29, 1.82) is 0 Å². The van der Waals surface area contributed by atoms with Crippen LogP contribution in [-0.4, -0.2) is 31.6 Å². The molecule has 330 valence electrons. The SMILES string of the molecule is [2H]c1c([2H])c([2H])c(-c2cnc(-n3c4ccc(C(C)(C)C)cc4c4ccc(Oc5cccc(C6=COC7=C(c8c(-c9ccccc9)cccc8-c8ccccc8)N(C(C)(C)C)CN67)c5)cc43)cc2C)c([2H])c1[2H]. The maximum absolute atomic E-state index is 8.66. The fourth-order valence-electron chi connectivity index (χ4n) is 9.48. The Kier molecular flexibility index (Phi) is 8.83. The van der Waals surface area contributed by atoms with Crippen LogP contribution in [0.25, 0.3) is 72.4 Å². The van der Waals surface area contributed by atoms with Gasteiger partial charge in [0.1, 0.15) is 29.3 Å². The third kappa shape index (κ3) is 7.53. The van der Waals surface area contributed by atoms with Crippen LogP contribution in [0.1, 0.15) is 70.7 Å². The molecule has 2 aliphatic heterocycles. The Bertz CT molecular complexity index is 3630. The third-order valence-corrected chi connectivity index (χ3v) is 12.9. The Balaban J connectivity index is 0.981. The molecule has 2 aliphatic rings. The maximum atomic E-state index is 8.66. The van der Waals surface area contributed by atoms with E-state index in [0.717, 1.165) is 78.0 Å². The first kappa shape index (κ1) is 36.4. The molecule has 4 heterocycles. The van der Waals surface area contributed by atoms with E-state index in [-0.39, 0.29) is 40.7 Å². The van der Waals surface area contributed by atoms with Crippen LogP contribution in [0.3, 0.4) is 0 Å². The highest BCUT2D eigenvalue weighted by Gasteiger charge is 2.43. The lowest BCUT2D eigenvalue weighted by Crippen LogP contribution is -2.40. The molecule has 2 aromatic heterocycles. The molecule has 0 aliphatic carbocycles. The molecule has 0 saturated carbocycles. The number of pyridine rings is 1. The first-order valence-corrected chi connectivity index (χ1v) is 22.8. The molecule has 6 heteroatoms. The first-order valence-electron chi connectivity index (χ1n) is 25.3. The van der Waals surface area contributed by atoms with Gasteiger partial charge in [0.2, 0.25) is 5.88 Å². The largest absolute Gasteiger partial charge is 0.457 e. The van der Waals surface area contributed by atoms with Crippen LogP contribution in [0.15, 0.2) is 194 Å². The Morgan fingerprint density at radius 3 is 1.96 bits per heavy atom. The Morgan fingerprint density at radius 2 is 1.28 bits per heavy atom. The lowest BCUT2D eigenvalue weighted by atomic mass is 9.86. The topological polar surface area (TPSA) is 42.8 Å². The van der Waals surface area contributed by atoms with Gasteiger partial charge in [-0.2, -0.15) is 0 Å². The minimum absolute atomic E-state index is 0.0904. The van der Waals surface area contributed by atoms with Crippen molar-refractivity contribution < 1.29 is 16.3 Å². The van der Waals surface area contributed by atoms with Crippen LogP contribution in [0.5, 0.6) is 11.5 Å². The number of aromatic nitrogens is 2. The van der Waals surface area contributed by atoms with Crippen molar-refractivity contribution in [2.75, 3.05) is 6.67 Å². The molecule has 0 N–H and O–H groups in total. The van der Waals surface area contributed by atoms with Gasteiger partial charge in [-0.15, -0.1) is 0 Å². The zero-order chi connectivity index (χ0) is 50.4. The number of nitrogens with zero attached hydrogens (tertiary/aromatic N) is 4. The summed E-state index contributed by atoms with van der Waals surface area (Å²) in [5.41, 5.74) is 12.5. The minimum Gasteiger partial charge on any atom is -0.457 e. The number of hydrogen-bond acceptors (Lipinski definition) is 5. The molecule has 0 bridgehead atoms. The summed E-state index contributed by atoms with van der Waals surface area (Å²) in [5, 5.41) is 2.09. The van der Waals surface area contributed by atoms with E-state index in [1.165, 1.54) is 5.56 Å². The molecule has 0 atom stereocenters. The normalized spacial score (nSPS) is 15.0. The number of hydrogen-bond donors (Lipinski definition) is 0. The number of fused-ring (bicyclic) bond motifs is 4. The van der Waals surface area contributed by atoms with Crippen molar-refractivity contribution in [2.45, 2.75) is 59.4 Å². The van der Waals surface area contributed by atoms with E-state index in [9.17, 15) is 0 Å². The van der Waals surface area contributed by atoms with Crippen molar-refractivity contribution in [2.24, 2.45) is 0 Å². The summed E-state index contributed by atoms with van der Waals surface area (Å²) in [5.74, 6) is 2.70. The maximum Gasteiger partial charge on any atom is 0.225 e. The highest BCUT2D eigenvalue weighted by molar-refractivity contribution is 6.10. The molecule has 7 aromatic carbocycles. The van der Waals surface area contributed by atoms with Crippen LogP contribution in [0, 0.1) is 6.92 Å². The van der Waals surface area contributed by atoms with Gasteiger partial charge in [-0.25, -0.2) is 4.98 Å². The van der Waals surface area contributed by atoms with E-state index in [4.69, 9.17) is 21.3 Å². The molecular weight excluding hydrogens is 821 g/mol. The van der Waals surface area contributed by atoms with E-state index in [0.29, 0.717) is 29.5 Å². The summed E-state index contributed by atoms with van der Waals surface area (Å²) in [6.07, 6.45) is 3.47. The van der Waals surface area contributed by atoms with Crippen molar-refractivity contribution in [3.8, 4) is 50.7 Å². The monoisotopic (exact) mass is 879 g/mol. The van der Waals surface area contributed by atoms with Crippen molar-refractivity contribution in [1.82, 2.24) is 19.4 Å². The second kappa shape index (κ2) is 16.2. The molecule has 9 aromatic rings. The second-order valence-electron chi connectivity index (χ2n) is 19.4. The van der Waals surface area contributed by atoms with Gasteiger partial charge in [0.05, 0.1) is 30.3 Å². The first-order chi connectivity index (χ1) is 34.5. The lowest BCUT2D eigenvalue weighted by Gasteiger charge is -2.37. The molecule has 0 radical (unpaired) electrons. The van der Waals surface area contributed by atoms with E-state index in [1.54, 1.807) is 6.20 Å². The Hall–Kier alpha value is -7.83. The van der Waals surface area contributed by atoms with Crippen molar-refractivity contribution in [3.63, 3.8) is 0 Å². The van der Waals surface area contributed by atoms with Gasteiger partial charge in [-0.1, -0.05) is 148 Å². The second-order valence-corrected chi connectivity index (χ2v) is 19.4. The van der Waals surface area contributed by atoms with E-state index < -0.39 is 6.04 Å². The van der Waals surface area contributed by atoms with E-state index >= 15 is 0 Å². The third-order valence-electron chi connectivity index (χ3n) is 12.9. The standard InChI is InChI=1S/C61H54N4O2/c1-40-33-56(62-37-52(40)43-23-15-10-16-24-43)65-53-32-29-45(60(2,3)4)35-51(53)50-31-30-47(36-54(50)65)67-46-26-17-25-44(34-46)55-38-66-59-58(64(39-63(55)59)61(5,6)7)57-48(41-19-11-8-12-20-41)27-18-28-49(57)42-21-13-9-14-22-42/h8-38H,39H2,1-7H3/i10D,15D,16D,23D,24D. The summed E-state index contributed by atoms with van der Waals surface area (Å²) >= 11 is 0. The number of aryl methyl sites for hydroxylation is 1. The van der Waals surface area contributed by atoms with Crippen LogP contribution >= 0.6 is 0 Å². The van der Waals surface area contributed by atoms with Gasteiger partial charge in [-0.05, 0) is 115 Å². The molecule has 0 spiro atoms. The Morgan fingerprint density at radius 1 is 0.612 bits per heavy atom. The van der Waals surface area contributed by atoms with E-state index in [2.05, 4.69) is 171 Å². The van der Waals surface area contributed by atoms with Crippen molar-refractivity contribution in [3.05, 3.63) is 216 Å². The predicted molar refractivity (Wildman–Crippen MR) is 276 cm³/mol. The van der Waals surface area contributed by atoms with Gasteiger partial charge < -0.3 is 14.4 Å². The molecular formula is C61H54N4O2. The van der Waals surface area contributed by atoms with Crippen LogP contribution in [0.4, 0.5) is 0 Å². The molecule has 0 fully saturated rings. The van der Waals surface area contributed by atoms with Gasteiger partial charge in [-0.3, -0.25) is 9.47 Å². The van der Waals surface area contributed by atoms with Crippen LogP contribution in [-0.2, 0) is 10.2 Å².